The maximum absolute atomic E-state index is 13.2. The van der Waals surface area contributed by atoms with Gasteiger partial charge in [-0.25, -0.2) is 10.3 Å². The Balaban J connectivity index is 1.54. The minimum Gasteiger partial charge on any atom is -0.488 e. The van der Waals surface area contributed by atoms with Crippen molar-refractivity contribution in [3.05, 3.63) is 54.1 Å². The van der Waals surface area contributed by atoms with Crippen LogP contribution in [0.4, 0.5) is 0 Å². The summed E-state index contributed by atoms with van der Waals surface area (Å²) in [7, 11) is 4.06. The number of nitrogens with one attached hydrogen (secondary N) is 2. The predicted octanol–water partition coefficient (Wildman–Crippen LogP) is 4.98. The zero-order valence-electron chi connectivity index (χ0n) is 24.0. The summed E-state index contributed by atoms with van der Waals surface area (Å²) in [4.78, 5) is 32.8. The first kappa shape index (κ1) is 30.6. The molecule has 0 aromatic heterocycles. The Morgan fingerprint density at radius 1 is 1.10 bits per heavy atom. The lowest BCUT2D eigenvalue weighted by molar-refractivity contribution is -0.200. The maximum atomic E-state index is 13.2. The number of amides is 2. The van der Waals surface area contributed by atoms with Gasteiger partial charge >= 0.3 is 0 Å². The first-order valence-corrected chi connectivity index (χ1v) is 14.0. The van der Waals surface area contributed by atoms with E-state index in [0.29, 0.717) is 38.0 Å². The number of unbranched alkanes of at least 4 members (excludes halogenated alkanes) is 2. The number of fused-ring (bicyclic) bond motifs is 1. The Kier molecular flexibility index (Phi) is 12.2. The fraction of sp³-hybridized carbons (Fsp3) is 0.548. The smallest absolute Gasteiger partial charge is 0.250 e. The molecule has 0 aliphatic carbocycles. The predicted molar refractivity (Wildman–Crippen MR) is 154 cm³/mol. The second-order valence-corrected chi connectivity index (χ2v) is 11.3. The molecule has 2 aromatic rings. The van der Waals surface area contributed by atoms with E-state index in [0.717, 1.165) is 48.8 Å². The molecule has 1 saturated heterocycles. The number of rotatable bonds is 15. The van der Waals surface area contributed by atoms with Crippen molar-refractivity contribution in [2.24, 2.45) is 5.41 Å². The van der Waals surface area contributed by atoms with Crippen LogP contribution in [0.2, 0.25) is 0 Å². The first-order valence-electron chi connectivity index (χ1n) is 14.0. The Bertz CT molecular complexity index is 1090. The third-order valence-corrected chi connectivity index (χ3v) is 6.59. The molecule has 2 amide bonds. The van der Waals surface area contributed by atoms with Crippen LogP contribution in [0.25, 0.3) is 10.8 Å². The van der Waals surface area contributed by atoms with Gasteiger partial charge in [-0.05, 0) is 63.1 Å². The van der Waals surface area contributed by atoms with Crippen molar-refractivity contribution in [2.75, 3.05) is 40.4 Å². The number of benzene rings is 2. The lowest BCUT2D eigenvalue weighted by Gasteiger charge is -2.28. The molecule has 0 bridgehead atoms. The lowest BCUT2D eigenvalue weighted by atomic mass is 9.93. The molecule has 0 spiro atoms. The molecule has 8 heteroatoms. The van der Waals surface area contributed by atoms with Gasteiger partial charge in [0.2, 0.25) is 11.8 Å². The average molecular weight is 540 g/mol. The molecule has 2 N–H and O–H groups in total. The van der Waals surface area contributed by atoms with Crippen LogP contribution in [0.3, 0.4) is 0 Å². The first-order chi connectivity index (χ1) is 18.7. The Hall–Kier alpha value is -2.94. The molecule has 1 heterocycles. The van der Waals surface area contributed by atoms with Gasteiger partial charge in [-0.3, -0.25) is 9.59 Å². The molecule has 1 aliphatic heterocycles. The standard InChI is InChI=1S/C31H45N3O5/c1-31(2,23-34(3)4)22-32-30(36)25(21-38-27-17-12-15-24-13-8-9-16-26(24)27)14-6-5-7-18-28(35)33-39-29-19-10-11-20-37-29/h8-9,12-17,29H,5-7,10-11,18-23H2,1-4H3,(H,32,36)(H,33,35)/b25-14+. The number of carbonyl (C=O) groups excluding carboxylic acids is 2. The quantitative estimate of drug-likeness (QED) is 0.188. The van der Waals surface area contributed by atoms with E-state index in [2.05, 4.69) is 29.5 Å². The molecule has 8 nitrogen and oxygen atoms in total. The van der Waals surface area contributed by atoms with E-state index in [9.17, 15) is 9.59 Å². The van der Waals surface area contributed by atoms with Crippen LogP contribution in [-0.2, 0) is 19.2 Å². The minimum absolute atomic E-state index is 0.0706. The number of allylic oxidation sites excluding steroid dienone is 1. The maximum Gasteiger partial charge on any atom is 0.250 e. The molecule has 1 aliphatic rings. The Labute approximate surface area is 233 Å². The van der Waals surface area contributed by atoms with Gasteiger partial charge in [0.1, 0.15) is 12.4 Å². The largest absolute Gasteiger partial charge is 0.488 e. The summed E-state index contributed by atoms with van der Waals surface area (Å²) in [5.74, 6) is 0.465. The van der Waals surface area contributed by atoms with Crippen molar-refractivity contribution < 1.29 is 23.9 Å². The van der Waals surface area contributed by atoms with Crippen LogP contribution in [0.1, 0.15) is 58.8 Å². The van der Waals surface area contributed by atoms with Gasteiger partial charge in [0, 0.05) is 37.9 Å². The molecule has 1 unspecified atom stereocenters. The minimum atomic E-state index is -0.351. The average Bonchev–Trinajstić information content (AvgIpc) is 2.92. The summed E-state index contributed by atoms with van der Waals surface area (Å²) in [6.07, 6.45) is 6.93. The second-order valence-electron chi connectivity index (χ2n) is 11.3. The van der Waals surface area contributed by atoms with Crippen LogP contribution < -0.4 is 15.5 Å². The Morgan fingerprint density at radius 3 is 2.67 bits per heavy atom. The molecule has 39 heavy (non-hydrogen) atoms. The van der Waals surface area contributed by atoms with Gasteiger partial charge in [0.15, 0.2) is 6.29 Å². The van der Waals surface area contributed by atoms with E-state index in [1.165, 1.54) is 0 Å². The zero-order valence-corrected chi connectivity index (χ0v) is 24.0. The topological polar surface area (TPSA) is 89.1 Å². The third-order valence-electron chi connectivity index (χ3n) is 6.59. The van der Waals surface area contributed by atoms with Gasteiger partial charge in [0.25, 0.3) is 0 Å². The molecule has 2 aromatic carbocycles. The summed E-state index contributed by atoms with van der Waals surface area (Å²) < 4.78 is 11.6. The van der Waals surface area contributed by atoms with Crippen molar-refractivity contribution in [3.8, 4) is 5.75 Å². The molecular weight excluding hydrogens is 494 g/mol. The van der Waals surface area contributed by atoms with E-state index < -0.39 is 0 Å². The molecular formula is C31H45N3O5. The highest BCUT2D eigenvalue weighted by Gasteiger charge is 2.21. The SMILES string of the molecule is CN(C)CC(C)(C)CNC(=O)/C(=C/CCCCC(=O)NOC1CCCCO1)COc1cccc2ccccc12. The van der Waals surface area contributed by atoms with Crippen LogP contribution in [-0.4, -0.2) is 63.4 Å². The van der Waals surface area contributed by atoms with Gasteiger partial charge in [0.05, 0.1) is 5.57 Å². The van der Waals surface area contributed by atoms with Gasteiger partial charge in [-0.1, -0.05) is 56.3 Å². The number of ether oxygens (including phenoxy) is 2. The van der Waals surface area contributed by atoms with Crippen molar-refractivity contribution in [2.45, 2.75) is 65.1 Å². The highest BCUT2D eigenvalue weighted by molar-refractivity contribution is 5.94. The van der Waals surface area contributed by atoms with E-state index in [-0.39, 0.29) is 30.1 Å². The van der Waals surface area contributed by atoms with Crippen molar-refractivity contribution in [3.63, 3.8) is 0 Å². The van der Waals surface area contributed by atoms with Gasteiger partial charge < -0.3 is 19.7 Å². The van der Waals surface area contributed by atoms with E-state index >= 15 is 0 Å². The summed E-state index contributed by atoms with van der Waals surface area (Å²) in [5, 5.41) is 5.21. The second kappa shape index (κ2) is 15.6. The summed E-state index contributed by atoms with van der Waals surface area (Å²) in [5.41, 5.74) is 3.02. The van der Waals surface area contributed by atoms with Gasteiger partial charge in [-0.15, -0.1) is 0 Å². The molecule has 3 rings (SSSR count). The highest BCUT2D eigenvalue weighted by Crippen LogP contribution is 2.25. The van der Waals surface area contributed by atoms with Crippen LogP contribution in [0, 0.1) is 5.41 Å². The normalized spacial score (nSPS) is 16.3. The fourth-order valence-electron chi connectivity index (χ4n) is 4.73. The van der Waals surface area contributed by atoms with Crippen LogP contribution >= 0.6 is 0 Å². The van der Waals surface area contributed by atoms with Crippen molar-refractivity contribution in [1.29, 1.82) is 0 Å². The fourth-order valence-corrected chi connectivity index (χ4v) is 4.73. The summed E-state index contributed by atoms with van der Waals surface area (Å²) >= 11 is 0. The van der Waals surface area contributed by atoms with Crippen molar-refractivity contribution in [1.82, 2.24) is 15.7 Å². The van der Waals surface area contributed by atoms with E-state index in [1.807, 2.05) is 62.6 Å². The summed E-state index contributed by atoms with van der Waals surface area (Å²) in [6.45, 7) is 6.53. The van der Waals surface area contributed by atoms with E-state index in [1.54, 1.807) is 0 Å². The molecule has 0 saturated carbocycles. The Morgan fingerprint density at radius 2 is 1.90 bits per heavy atom. The number of hydroxylamine groups is 1. The zero-order chi connectivity index (χ0) is 28.1. The van der Waals surface area contributed by atoms with Crippen LogP contribution in [0.15, 0.2) is 54.1 Å². The van der Waals surface area contributed by atoms with Crippen LogP contribution in [0.5, 0.6) is 5.75 Å². The molecule has 1 atom stereocenters. The number of hydrogen-bond acceptors (Lipinski definition) is 6. The number of nitrogens with zero attached hydrogens (tertiary/aromatic N) is 1. The third kappa shape index (κ3) is 11.0. The monoisotopic (exact) mass is 539 g/mol. The summed E-state index contributed by atoms with van der Waals surface area (Å²) in [6, 6.07) is 14.0. The van der Waals surface area contributed by atoms with E-state index in [4.69, 9.17) is 14.3 Å². The lowest BCUT2D eigenvalue weighted by Crippen LogP contribution is -2.40. The molecule has 0 radical (unpaired) electrons. The molecule has 1 fully saturated rings. The highest BCUT2D eigenvalue weighted by atomic mass is 16.8. The molecule has 214 valence electrons. The van der Waals surface area contributed by atoms with Gasteiger partial charge in [-0.2, -0.15) is 0 Å². The van der Waals surface area contributed by atoms with Crippen molar-refractivity contribution >= 4 is 22.6 Å². The number of carbonyl (C=O) groups is 2. The number of hydrogen-bond donors (Lipinski definition) is 2.